The number of aromatic nitrogens is 2. The summed E-state index contributed by atoms with van der Waals surface area (Å²) in [6.45, 7) is 0.842. The third kappa shape index (κ3) is 4.54. The maximum atomic E-state index is 13.1. The highest BCUT2D eigenvalue weighted by Crippen LogP contribution is 2.36. The largest absolute Gasteiger partial charge is 0.418 e. The minimum absolute atomic E-state index is 0.00675. The number of anilines is 1. The fourth-order valence-electron chi connectivity index (χ4n) is 2.46. The SMILES string of the molecule is FC(F)(F)c1cc(Cl)ccc1NCc1cnn(Cc2ccccc2)c1. The first-order valence-electron chi connectivity index (χ1n) is 7.58. The number of rotatable bonds is 5. The number of hydrogen-bond acceptors (Lipinski definition) is 2. The molecule has 0 aliphatic carbocycles. The van der Waals surface area contributed by atoms with Crippen molar-refractivity contribution in [3.63, 3.8) is 0 Å². The van der Waals surface area contributed by atoms with Crippen LogP contribution in [0.1, 0.15) is 16.7 Å². The van der Waals surface area contributed by atoms with Crippen molar-refractivity contribution >= 4 is 17.3 Å². The maximum Gasteiger partial charge on any atom is 0.418 e. The minimum Gasteiger partial charge on any atom is -0.380 e. The van der Waals surface area contributed by atoms with Crippen molar-refractivity contribution in [2.24, 2.45) is 0 Å². The number of benzene rings is 2. The van der Waals surface area contributed by atoms with Gasteiger partial charge >= 0.3 is 6.18 Å². The van der Waals surface area contributed by atoms with Crippen molar-refractivity contribution in [3.05, 3.63) is 82.6 Å². The number of hydrogen-bond donors (Lipinski definition) is 1. The van der Waals surface area contributed by atoms with E-state index >= 15 is 0 Å². The Bertz CT molecular complexity index is 844. The van der Waals surface area contributed by atoms with Crippen LogP contribution in [0.25, 0.3) is 0 Å². The van der Waals surface area contributed by atoms with Crippen LogP contribution in [0.4, 0.5) is 18.9 Å². The van der Waals surface area contributed by atoms with Crippen molar-refractivity contribution in [1.82, 2.24) is 9.78 Å². The van der Waals surface area contributed by atoms with Crippen LogP contribution >= 0.6 is 11.6 Å². The van der Waals surface area contributed by atoms with E-state index in [4.69, 9.17) is 11.6 Å². The molecule has 3 rings (SSSR count). The van der Waals surface area contributed by atoms with Gasteiger partial charge in [0.25, 0.3) is 0 Å². The Kier molecular flexibility index (Phi) is 4.99. The first-order valence-corrected chi connectivity index (χ1v) is 7.95. The molecule has 0 unspecified atom stereocenters. The smallest absolute Gasteiger partial charge is 0.380 e. The highest BCUT2D eigenvalue weighted by Gasteiger charge is 2.33. The highest BCUT2D eigenvalue weighted by atomic mass is 35.5. The molecule has 0 aliphatic heterocycles. The van der Waals surface area contributed by atoms with E-state index in [0.717, 1.165) is 17.2 Å². The summed E-state index contributed by atoms with van der Waals surface area (Å²) in [6.07, 6.45) is -1.02. The van der Waals surface area contributed by atoms with Gasteiger partial charge in [0.15, 0.2) is 0 Å². The second kappa shape index (κ2) is 7.19. The van der Waals surface area contributed by atoms with Gasteiger partial charge in [0.1, 0.15) is 0 Å². The molecular weight excluding hydrogens is 351 g/mol. The summed E-state index contributed by atoms with van der Waals surface area (Å²) in [5.41, 5.74) is 1.10. The van der Waals surface area contributed by atoms with Crippen LogP contribution in [0.2, 0.25) is 5.02 Å². The van der Waals surface area contributed by atoms with Crippen molar-refractivity contribution in [1.29, 1.82) is 0 Å². The molecule has 0 spiro atoms. The first kappa shape index (κ1) is 17.4. The lowest BCUT2D eigenvalue weighted by molar-refractivity contribution is -0.136. The van der Waals surface area contributed by atoms with Crippen LogP contribution in [-0.4, -0.2) is 9.78 Å². The zero-order valence-corrected chi connectivity index (χ0v) is 13.8. The topological polar surface area (TPSA) is 29.9 Å². The molecule has 2 aromatic carbocycles. The molecule has 1 aromatic heterocycles. The molecule has 130 valence electrons. The lowest BCUT2D eigenvalue weighted by Gasteiger charge is -2.14. The molecule has 0 radical (unpaired) electrons. The molecule has 1 heterocycles. The van der Waals surface area contributed by atoms with Gasteiger partial charge in [0.2, 0.25) is 0 Å². The Morgan fingerprint density at radius 3 is 2.52 bits per heavy atom. The minimum atomic E-state index is -4.47. The van der Waals surface area contributed by atoms with Crippen LogP contribution in [0.15, 0.2) is 60.9 Å². The third-order valence-electron chi connectivity index (χ3n) is 3.64. The van der Waals surface area contributed by atoms with Gasteiger partial charge in [0.05, 0.1) is 18.3 Å². The Morgan fingerprint density at radius 2 is 1.80 bits per heavy atom. The second-order valence-corrected chi connectivity index (χ2v) is 6.01. The summed E-state index contributed by atoms with van der Waals surface area (Å²) in [7, 11) is 0. The summed E-state index contributed by atoms with van der Waals surface area (Å²) in [5, 5.41) is 7.10. The molecule has 0 aliphatic rings. The molecule has 25 heavy (non-hydrogen) atoms. The predicted octanol–water partition coefficient (Wildman–Crippen LogP) is 5.22. The van der Waals surface area contributed by atoms with Gasteiger partial charge in [-0.05, 0) is 23.8 Å². The van der Waals surface area contributed by atoms with Crippen LogP contribution in [0.3, 0.4) is 0 Å². The molecule has 0 amide bonds. The molecule has 1 N–H and O–H groups in total. The molecule has 0 atom stereocenters. The predicted molar refractivity (Wildman–Crippen MR) is 91.6 cm³/mol. The van der Waals surface area contributed by atoms with Gasteiger partial charge in [-0.25, -0.2) is 0 Å². The number of alkyl halides is 3. The van der Waals surface area contributed by atoms with Crippen molar-refractivity contribution in [2.75, 3.05) is 5.32 Å². The van der Waals surface area contributed by atoms with Crippen molar-refractivity contribution in [2.45, 2.75) is 19.3 Å². The van der Waals surface area contributed by atoms with E-state index in [0.29, 0.717) is 6.54 Å². The molecule has 7 heteroatoms. The van der Waals surface area contributed by atoms with E-state index in [2.05, 4.69) is 10.4 Å². The lowest BCUT2D eigenvalue weighted by Crippen LogP contribution is -2.10. The zero-order chi connectivity index (χ0) is 17.9. The average molecular weight is 366 g/mol. The quantitative estimate of drug-likeness (QED) is 0.672. The zero-order valence-electron chi connectivity index (χ0n) is 13.1. The summed E-state index contributed by atoms with van der Waals surface area (Å²) in [4.78, 5) is 0. The summed E-state index contributed by atoms with van der Waals surface area (Å²) < 4.78 is 41.0. The average Bonchev–Trinajstić information content (AvgIpc) is 3.01. The van der Waals surface area contributed by atoms with Crippen LogP contribution < -0.4 is 5.32 Å². The van der Waals surface area contributed by atoms with E-state index in [1.54, 1.807) is 10.9 Å². The van der Waals surface area contributed by atoms with Gasteiger partial charge < -0.3 is 5.32 Å². The van der Waals surface area contributed by atoms with Crippen molar-refractivity contribution in [3.8, 4) is 0 Å². The van der Waals surface area contributed by atoms with Gasteiger partial charge in [0, 0.05) is 29.0 Å². The molecule has 0 saturated carbocycles. The fourth-order valence-corrected chi connectivity index (χ4v) is 2.63. The normalized spacial score (nSPS) is 11.5. The van der Waals surface area contributed by atoms with Crippen LogP contribution in [0.5, 0.6) is 0 Å². The highest BCUT2D eigenvalue weighted by molar-refractivity contribution is 6.30. The Hall–Kier alpha value is -2.47. The van der Waals surface area contributed by atoms with Gasteiger partial charge in [-0.3, -0.25) is 4.68 Å². The third-order valence-corrected chi connectivity index (χ3v) is 3.88. The molecule has 0 fully saturated rings. The summed E-state index contributed by atoms with van der Waals surface area (Å²) in [6, 6.07) is 13.5. The van der Waals surface area contributed by atoms with Gasteiger partial charge in [-0.2, -0.15) is 18.3 Å². The van der Waals surface area contributed by atoms with E-state index in [1.165, 1.54) is 12.1 Å². The Morgan fingerprint density at radius 1 is 1.04 bits per heavy atom. The molecule has 3 nitrogen and oxygen atoms in total. The van der Waals surface area contributed by atoms with E-state index in [9.17, 15) is 13.2 Å². The van der Waals surface area contributed by atoms with E-state index < -0.39 is 11.7 Å². The van der Waals surface area contributed by atoms with E-state index in [1.807, 2.05) is 36.5 Å². The van der Waals surface area contributed by atoms with E-state index in [-0.39, 0.29) is 17.3 Å². The van der Waals surface area contributed by atoms with Crippen LogP contribution in [0, 0.1) is 0 Å². The van der Waals surface area contributed by atoms with Gasteiger partial charge in [-0.15, -0.1) is 0 Å². The molecule has 3 aromatic rings. The number of nitrogens with one attached hydrogen (secondary N) is 1. The Labute approximate surface area is 148 Å². The van der Waals surface area contributed by atoms with Crippen LogP contribution in [-0.2, 0) is 19.3 Å². The number of halogens is 4. The summed E-state index contributed by atoms with van der Waals surface area (Å²) >= 11 is 5.68. The van der Waals surface area contributed by atoms with Crippen molar-refractivity contribution < 1.29 is 13.2 Å². The maximum absolute atomic E-state index is 13.1. The lowest BCUT2D eigenvalue weighted by atomic mass is 10.1. The summed E-state index contributed by atoms with van der Waals surface area (Å²) in [5.74, 6) is 0. The molecular formula is C18H15ClF3N3. The molecule has 0 bridgehead atoms. The second-order valence-electron chi connectivity index (χ2n) is 5.57. The number of nitrogens with zero attached hydrogens (tertiary/aromatic N) is 2. The first-order chi connectivity index (χ1) is 11.9. The Balaban J connectivity index is 1.69. The van der Waals surface area contributed by atoms with Gasteiger partial charge in [-0.1, -0.05) is 41.9 Å². The molecule has 0 saturated heterocycles. The standard InChI is InChI=1S/C18H15ClF3N3/c19-15-6-7-17(16(8-15)18(20,21)22)23-9-14-10-24-25(12-14)11-13-4-2-1-3-5-13/h1-8,10,12,23H,9,11H2. The monoisotopic (exact) mass is 365 g/mol. The fraction of sp³-hybridized carbons (Fsp3) is 0.167.